The number of benzene rings is 1. The summed E-state index contributed by atoms with van der Waals surface area (Å²) in [5.41, 5.74) is 2.33. The molecule has 0 spiro atoms. The van der Waals surface area contributed by atoms with Crippen LogP contribution in [0, 0.1) is 0 Å². The zero-order valence-electron chi connectivity index (χ0n) is 12.9. The Bertz CT molecular complexity index is 530. The van der Waals surface area contributed by atoms with Gasteiger partial charge in [0, 0.05) is 6.54 Å². The summed E-state index contributed by atoms with van der Waals surface area (Å²) in [4.78, 5) is 6.95. The Hall–Kier alpha value is -1.39. The van der Waals surface area contributed by atoms with Gasteiger partial charge in [0.25, 0.3) is 0 Å². The van der Waals surface area contributed by atoms with E-state index in [4.69, 9.17) is 4.98 Å². The fraction of sp³-hybridized carbons (Fsp3) is 0.562. The maximum Gasteiger partial charge on any atom is 0.123 e. The molecule has 110 valence electrons. The Morgan fingerprint density at radius 1 is 1.20 bits per heavy atom. The Labute approximate surface area is 121 Å². The molecule has 20 heavy (non-hydrogen) atoms. The molecule has 1 heterocycles. The van der Waals surface area contributed by atoms with Crippen LogP contribution in [-0.4, -0.2) is 41.6 Å². The molecule has 0 aliphatic carbocycles. The number of aryl methyl sites for hydroxylation is 1. The van der Waals surface area contributed by atoms with Crippen molar-refractivity contribution in [2.75, 3.05) is 27.2 Å². The van der Waals surface area contributed by atoms with Crippen LogP contribution >= 0.6 is 0 Å². The van der Waals surface area contributed by atoms with E-state index in [1.165, 1.54) is 18.4 Å². The maximum atomic E-state index is 4.72. The summed E-state index contributed by atoms with van der Waals surface area (Å²) >= 11 is 0. The summed E-state index contributed by atoms with van der Waals surface area (Å²) < 4.78 is 2.29. The van der Waals surface area contributed by atoms with Gasteiger partial charge in [0.05, 0.1) is 17.6 Å². The van der Waals surface area contributed by atoms with E-state index in [0.29, 0.717) is 0 Å². The number of aromatic nitrogens is 2. The van der Waals surface area contributed by atoms with E-state index in [-0.39, 0.29) is 0 Å². The third-order valence-corrected chi connectivity index (χ3v) is 3.54. The fourth-order valence-electron chi connectivity index (χ4n) is 2.49. The van der Waals surface area contributed by atoms with Crippen LogP contribution in [0.4, 0.5) is 0 Å². The first kappa shape index (κ1) is 15.0. The highest BCUT2D eigenvalue weighted by Gasteiger charge is 2.07. The highest BCUT2D eigenvalue weighted by atomic mass is 15.1. The predicted molar refractivity (Wildman–Crippen MR) is 84.9 cm³/mol. The van der Waals surface area contributed by atoms with Crippen LogP contribution < -0.4 is 5.32 Å². The fourth-order valence-corrected chi connectivity index (χ4v) is 2.49. The monoisotopic (exact) mass is 274 g/mol. The van der Waals surface area contributed by atoms with Gasteiger partial charge >= 0.3 is 0 Å². The van der Waals surface area contributed by atoms with Crippen molar-refractivity contribution in [2.24, 2.45) is 0 Å². The second kappa shape index (κ2) is 7.41. The lowest BCUT2D eigenvalue weighted by Gasteiger charge is -2.10. The lowest BCUT2D eigenvalue weighted by atomic mass is 10.3. The second-order valence-corrected chi connectivity index (χ2v) is 5.45. The van der Waals surface area contributed by atoms with Gasteiger partial charge in [0.2, 0.25) is 0 Å². The highest BCUT2D eigenvalue weighted by molar-refractivity contribution is 5.75. The number of unbranched alkanes of at least 4 members (excludes halogenated alkanes) is 1. The third kappa shape index (κ3) is 3.81. The minimum absolute atomic E-state index is 0.852. The molecule has 0 saturated carbocycles. The lowest BCUT2D eigenvalue weighted by molar-refractivity contribution is 0.391. The van der Waals surface area contributed by atoms with Crippen molar-refractivity contribution >= 4 is 11.0 Å². The number of hydrogen-bond donors (Lipinski definition) is 1. The van der Waals surface area contributed by atoms with Crippen molar-refractivity contribution in [2.45, 2.75) is 32.9 Å². The first-order valence-corrected chi connectivity index (χ1v) is 7.52. The van der Waals surface area contributed by atoms with E-state index in [1.807, 2.05) is 6.07 Å². The van der Waals surface area contributed by atoms with Crippen molar-refractivity contribution in [1.82, 2.24) is 19.8 Å². The molecule has 0 bridgehead atoms. The first-order valence-electron chi connectivity index (χ1n) is 7.52. The number of hydrogen-bond acceptors (Lipinski definition) is 3. The van der Waals surface area contributed by atoms with Crippen molar-refractivity contribution in [3.8, 4) is 0 Å². The number of nitrogens with one attached hydrogen (secondary N) is 1. The largest absolute Gasteiger partial charge is 0.327 e. The molecule has 0 fully saturated rings. The molecule has 0 radical (unpaired) electrons. The van der Waals surface area contributed by atoms with Crippen LogP contribution in [-0.2, 0) is 13.1 Å². The van der Waals surface area contributed by atoms with Crippen LogP contribution in [0.1, 0.15) is 25.6 Å². The molecule has 1 aromatic heterocycles. The zero-order chi connectivity index (χ0) is 14.4. The van der Waals surface area contributed by atoms with E-state index >= 15 is 0 Å². The predicted octanol–water partition coefficient (Wildman–Crippen LogP) is 2.49. The van der Waals surface area contributed by atoms with Gasteiger partial charge in [0.1, 0.15) is 5.82 Å². The summed E-state index contributed by atoms with van der Waals surface area (Å²) in [5, 5.41) is 3.51. The average Bonchev–Trinajstić information content (AvgIpc) is 2.79. The molecular weight excluding hydrogens is 248 g/mol. The van der Waals surface area contributed by atoms with Gasteiger partial charge in [-0.15, -0.1) is 0 Å². The van der Waals surface area contributed by atoms with Gasteiger partial charge < -0.3 is 14.8 Å². The van der Waals surface area contributed by atoms with Gasteiger partial charge in [-0.05, 0) is 59.1 Å². The number of imidazole rings is 1. The number of rotatable bonds is 8. The molecule has 0 aliphatic rings. The summed E-state index contributed by atoms with van der Waals surface area (Å²) in [6.45, 7) is 6.22. The van der Waals surface area contributed by atoms with E-state index in [1.54, 1.807) is 0 Å². The second-order valence-electron chi connectivity index (χ2n) is 5.45. The van der Waals surface area contributed by atoms with Gasteiger partial charge in [-0.3, -0.25) is 0 Å². The van der Waals surface area contributed by atoms with Crippen LogP contribution in [0.25, 0.3) is 11.0 Å². The topological polar surface area (TPSA) is 33.1 Å². The molecule has 0 saturated heterocycles. The smallest absolute Gasteiger partial charge is 0.123 e. The zero-order valence-corrected chi connectivity index (χ0v) is 12.9. The third-order valence-electron chi connectivity index (χ3n) is 3.54. The molecule has 4 nitrogen and oxygen atoms in total. The Morgan fingerprint density at radius 3 is 2.75 bits per heavy atom. The summed E-state index contributed by atoms with van der Waals surface area (Å²) in [6.07, 6.45) is 2.45. The molecule has 1 aromatic carbocycles. The number of para-hydroxylation sites is 2. The van der Waals surface area contributed by atoms with Gasteiger partial charge in [0.15, 0.2) is 0 Å². The van der Waals surface area contributed by atoms with Crippen molar-refractivity contribution in [1.29, 1.82) is 0 Å². The van der Waals surface area contributed by atoms with Gasteiger partial charge in [-0.1, -0.05) is 12.1 Å². The average molecular weight is 274 g/mol. The minimum atomic E-state index is 0.852. The highest BCUT2D eigenvalue weighted by Crippen LogP contribution is 2.15. The quantitative estimate of drug-likeness (QED) is 0.751. The molecule has 0 atom stereocenters. The van der Waals surface area contributed by atoms with E-state index in [9.17, 15) is 0 Å². The first-order chi connectivity index (χ1) is 9.72. The normalized spacial score (nSPS) is 11.6. The van der Waals surface area contributed by atoms with Crippen LogP contribution in [0.3, 0.4) is 0 Å². The van der Waals surface area contributed by atoms with E-state index in [2.05, 4.69) is 54.0 Å². The number of nitrogens with zero attached hydrogens (tertiary/aromatic N) is 3. The molecule has 4 heteroatoms. The SMILES string of the molecule is CCn1c(CNCCCCN(C)C)nc2ccccc21. The van der Waals surface area contributed by atoms with Gasteiger partial charge in [-0.25, -0.2) is 4.98 Å². The van der Waals surface area contributed by atoms with Gasteiger partial charge in [-0.2, -0.15) is 0 Å². The Morgan fingerprint density at radius 2 is 2.00 bits per heavy atom. The lowest BCUT2D eigenvalue weighted by Crippen LogP contribution is -2.20. The Kier molecular flexibility index (Phi) is 5.56. The Balaban J connectivity index is 1.86. The number of fused-ring (bicyclic) bond motifs is 1. The van der Waals surface area contributed by atoms with Crippen LogP contribution in [0.5, 0.6) is 0 Å². The molecule has 0 unspecified atom stereocenters. The molecule has 2 aromatic rings. The minimum Gasteiger partial charge on any atom is -0.327 e. The molecule has 1 N–H and O–H groups in total. The summed E-state index contributed by atoms with van der Waals surface area (Å²) in [6, 6.07) is 8.36. The van der Waals surface area contributed by atoms with E-state index in [0.717, 1.165) is 37.5 Å². The molecule has 2 rings (SSSR count). The van der Waals surface area contributed by atoms with Crippen molar-refractivity contribution < 1.29 is 0 Å². The summed E-state index contributed by atoms with van der Waals surface area (Å²) in [7, 11) is 4.24. The van der Waals surface area contributed by atoms with Crippen molar-refractivity contribution in [3.63, 3.8) is 0 Å². The standard InChI is InChI=1S/C16H26N4/c1-4-20-15-10-6-5-9-14(15)18-16(20)13-17-11-7-8-12-19(2)3/h5-6,9-10,17H,4,7-8,11-13H2,1-3H3. The van der Waals surface area contributed by atoms with Crippen LogP contribution in [0.2, 0.25) is 0 Å². The maximum absolute atomic E-state index is 4.72. The van der Waals surface area contributed by atoms with Crippen molar-refractivity contribution in [3.05, 3.63) is 30.1 Å². The molecular formula is C16H26N4. The van der Waals surface area contributed by atoms with E-state index < -0.39 is 0 Å². The molecule has 0 amide bonds. The van der Waals surface area contributed by atoms with Crippen LogP contribution in [0.15, 0.2) is 24.3 Å². The molecule has 0 aliphatic heterocycles. The summed E-state index contributed by atoms with van der Waals surface area (Å²) in [5.74, 6) is 1.14.